The predicted molar refractivity (Wildman–Crippen MR) is 43.5 cm³/mol. The molecule has 0 aliphatic rings. The highest BCUT2D eigenvalue weighted by molar-refractivity contribution is 4.83. The molecule has 0 spiro atoms. The first kappa shape index (κ1) is 9.49. The van der Waals surface area contributed by atoms with E-state index in [9.17, 15) is 0 Å². The predicted octanol–water partition coefficient (Wildman–Crippen LogP) is 3.12. The fourth-order valence-corrected chi connectivity index (χ4v) is 1.18. The average Bonchev–Trinajstić information content (AvgIpc) is 1.89. The van der Waals surface area contributed by atoms with E-state index < -0.39 is 0 Å². The van der Waals surface area contributed by atoms with Crippen molar-refractivity contribution < 1.29 is 0 Å². The molecule has 0 saturated carbocycles. The Labute approximate surface area is 64.1 Å². The minimum absolute atomic E-state index is 0.281. The molecule has 0 rings (SSSR count). The second-order valence-electron chi connectivity index (χ2n) is 3.25. The Hall–Kier alpha value is -0.510. The van der Waals surface area contributed by atoms with Gasteiger partial charge in [-0.3, -0.25) is 0 Å². The molecule has 0 aliphatic heterocycles. The molecule has 10 heavy (non-hydrogen) atoms. The zero-order chi connectivity index (χ0) is 8.04. The monoisotopic (exact) mass is 139 g/mol. The van der Waals surface area contributed by atoms with E-state index in [0.29, 0.717) is 6.42 Å². The molecular weight excluding hydrogens is 122 g/mol. The van der Waals surface area contributed by atoms with Gasteiger partial charge in [0.25, 0.3) is 0 Å². The molecule has 0 aromatic heterocycles. The van der Waals surface area contributed by atoms with Crippen LogP contribution in [0.4, 0.5) is 0 Å². The summed E-state index contributed by atoms with van der Waals surface area (Å²) in [7, 11) is 0. The van der Waals surface area contributed by atoms with Crippen molar-refractivity contribution in [2.24, 2.45) is 5.41 Å². The van der Waals surface area contributed by atoms with Gasteiger partial charge in [-0.2, -0.15) is 5.26 Å². The van der Waals surface area contributed by atoms with Crippen molar-refractivity contribution in [1.29, 1.82) is 5.26 Å². The van der Waals surface area contributed by atoms with Crippen molar-refractivity contribution in [2.45, 2.75) is 46.5 Å². The lowest BCUT2D eigenvalue weighted by Gasteiger charge is -2.23. The van der Waals surface area contributed by atoms with Crippen LogP contribution in [0.25, 0.3) is 0 Å². The van der Waals surface area contributed by atoms with Gasteiger partial charge in [0.1, 0.15) is 0 Å². The molecule has 0 bridgehead atoms. The third kappa shape index (κ3) is 2.87. The van der Waals surface area contributed by atoms with Crippen LogP contribution >= 0.6 is 0 Å². The van der Waals surface area contributed by atoms with Gasteiger partial charge in [-0.1, -0.05) is 27.2 Å². The molecule has 0 aromatic carbocycles. The van der Waals surface area contributed by atoms with Crippen LogP contribution in [0.2, 0.25) is 0 Å². The van der Waals surface area contributed by atoms with E-state index in [1.165, 1.54) is 12.8 Å². The molecule has 58 valence electrons. The van der Waals surface area contributed by atoms with E-state index in [2.05, 4.69) is 26.8 Å². The Morgan fingerprint density at radius 1 is 1.40 bits per heavy atom. The van der Waals surface area contributed by atoms with Gasteiger partial charge in [0.05, 0.1) is 6.07 Å². The molecule has 0 saturated heterocycles. The van der Waals surface area contributed by atoms with Gasteiger partial charge in [0, 0.05) is 6.42 Å². The lowest BCUT2D eigenvalue weighted by atomic mass is 9.80. The van der Waals surface area contributed by atoms with Gasteiger partial charge in [0.2, 0.25) is 0 Å². The molecule has 0 fully saturated rings. The summed E-state index contributed by atoms with van der Waals surface area (Å²) in [6, 6.07) is 2.24. The molecule has 1 heteroatoms. The first-order chi connectivity index (χ1) is 4.68. The second kappa shape index (κ2) is 4.33. The molecule has 0 amide bonds. The summed E-state index contributed by atoms with van der Waals surface area (Å²) < 4.78 is 0. The van der Waals surface area contributed by atoms with Gasteiger partial charge in [-0.25, -0.2) is 0 Å². The highest BCUT2D eigenvalue weighted by Crippen LogP contribution is 2.30. The average molecular weight is 139 g/mol. The molecule has 0 aromatic rings. The summed E-state index contributed by atoms with van der Waals surface area (Å²) >= 11 is 0. The van der Waals surface area contributed by atoms with Crippen molar-refractivity contribution in [3.05, 3.63) is 0 Å². The molecule has 0 radical (unpaired) electrons. The fourth-order valence-electron chi connectivity index (χ4n) is 1.18. The van der Waals surface area contributed by atoms with Crippen LogP contribution in [0, 0.1) is 16.7 Å². The summed E-state index contributed by atoms with van der Waals surface area (Å²) in [5, 5.41) is 8.51. The SMILES string of the molecule is CCCC(C)(CC)CC#N. The van der Waals surface area contributed by atoms with Crippen molar-refractivity contribution in [3.63, 3.8) is 0 Å². The van der Waals surface area contributed by atoms with Crippen molar-refractivity contribution in [1.82, 2.24) is 0 Å². The molecule has 0 aliphatic carbocycles. The van der Waals surface area contributed by atoms with Crippen molar-refractivity contribution >= 4 is 0 Å². The van der Waals surface area contributed by atoms with E-state index in [0.717, 1.165) is 6.42 Å². The van der Waals surface area contributed by atoms with E-state index in [-0.39, 0.29) is 5.41 Å². The summed E-state index contributed by atoms with van der Waals surface area (Å²) in [5.74, 6) is 0. The normalized spacial score (nSPS) is 15.8. The maximum Gasteiger partial charge on any atom is 0.0627 e. The third-order valence-electron chi connectivity index (χ3n) is 2.21. The third-order valence-corrected chi connectivity index (χ3v) is 2.21. The standard InChI is InChI=1S/C9H17N/c1-4-6-9(3,5-2)7-8-10/h4-7H2,1-3H3. The first-order valence-corrected chi connectivity index (χ1v) is 4.05. The lowest BCUT2D eigenvalue weighted by molar-refractivity contribution is 0.289. The summed E-state index contributed by atoms with van der Waals surface area (Å²) in [6.45, 7) is 6.53. The minimum atomic E-state index is 0.281. The summed E-state index contributed by atoms with van der Waals surface area (Å²) in [6.07, 6.45) is 4.19. The quantitative estimate of drug-likeness (QED) is 0.587. The molecule has 1 atom stereocenters. The Bertz CT molecular complexity index is 123. The van der Waals surface area contributed by atoms with Crippen LogP contribution in [-0.2, 0) is 0 Å². The smallest absolute Gasteiger partial charge is 0.0627 e. The minimum Gasteiger partial charge on any atom is -0.198 e. The molecule has 0 N–H and O–H groups in total. The van der Waals surface area contributed by atoms with Crippen molar-refractivity contribution in [3.8, 4) is 6.07 Å². The highest BCUT2D eigenvalue weighted by Gasteiger charge is 2.19. The van der Waals surface area contributed by atoms with Crippen LogP contribution in [0.1, 0.15) is 46.5 Å². The zero-order valence-corrected chi connectivity index (χ0v) is 7.28. The summed E-state index contributed by atoms with van der Waals surface area (Å²) in [5.41, 5.74) is 0.281. The maximum atomic E-state index is 8.51. The number of nitrogens with zero attached hydrogens (tertiary/aromatic N) is 1. The van der Waals surface area contributed by atoms with Crippen LogP contribution < -0.4 is 0 Å². The zero-order valence-electron chi connectivity index (χ0n) is 7.28. The Kier molecular flexibility index (Phi) is 4.11. The molecule has 1 unspecified atom stereocenters. The van der Waals surface area contributed by atoms with Gasteiger partial charge in [0.15, 0.2) is 0 Å². The van der Waals surface area contributed by atoms with Crippen LogP contribution in [-0.4, -0.2) is 0 Å². The van der Waals surface area contributed by atoms with E-state index in [1.807, 2.05) is 0 Å². The number of hydrogen-bond acceptors (Lipinski definition) is 1. The van der Waals surface area contributed by atoms with Gasteiger partial charge < -0.3 is 0 Å². The fraction of sp³-hybridized carbons (Fsp3) is 0.889. The van der Waals surface area contributed by atoms with Crippen LogP contribution in [0.5, 0.6) is 0 Å². The largest absolute Gasteiger partial charge is 0.198 e. The van der Waals surface area contributed by atoms with Gasteiger partial charge in [-0.15, -0.1) is 0 Å². The molecular formula is C9H17N. The summed E-state index contributed by atoms with van der Waals surface area (Å²) in [4.78, 5) is 0. The van der Waals surface area contributed by atoms with Crippen LogP contribution in [0.3, 0.4) is 0 Å². The Balaban J connectivity index is 3.84. The maximum absolute atomic E-state index is 8.51. The van der Waals surface area contributed by atoms with Crippen LogP contribution in [0.15, 0.2) is 0 Å². The number of rotatable bonds is 4. The number of nitriles is 1. The highest BCUT2D eigenvalue weighted by atomic mass is 14.3. The van der Waals surface area contributed by atoms with E-state index in [4.69, 9.17) is 5.26 Å². The van der Waals surface area contributed by atoms with Crippen molar-refractivity contribution in [2.75, 3.05) is 0 Å². The topological polar surface area (TPSA) is 23.8 Å². The van der Waals surface area contributed by atoms with Gasteiger partial charge in [-0.05, 0) is 18.3 Å². The Morgan fingerprint density at radius 3 is 2.30 bits per heavy atom. The number of hydrogen-bond donors (Lipinski definition) is 0. The van der Waals surface area contributed by atoms with E-state index >= 15 is 0 Å². The second-order valence-corrected chi connectivity index (χ2v) is 3.25. The Morgan fingerprint density at radius 2 is 2.00 bits per heavy atom. The lowest BCUT2D eigenvalue weighted by Crippen LogP contribution is -2.13. The molecule has 0 heterocycles. The van der Waals surface area contributed by atoms with Gasteiger partial charge >= 0.3 is 0 Å². The molecule has 1 nitrogen and oxygen atoms in total. The first-order valence-electron chi connectivity index (χ1n) is 4.05. The van der Waals surface area contributed by atoms with E-state index in [1.54, 1.807) is 0 Å².